The fourth-order valence-corrected chi connectivity index (χ4v) is 3.62. The van der Waals surface area contributed by atoms with E-state index in [-0.39, 0.29) is 18.6 Å². The summed E-state index contributed by atoms with van der Waals surface area (Å²) < 4.78 is 5.77. The molecule has 0 saturated carbocycles. The van der Waals surface area contributed by atoms with Crippen LogP contribution in [0.1, 0.15) is 32.1 Å². The van der Waals surface area contributed by atoms with Crippen LogP contribution in [-0.4, -0.2) is 73.7 Å². The smallest absolute Gasteiger partial charge is 0.248 e. The molecule has 114 valence electrons. The highest BCUT2D eigenvalue weighted by atomic mass is 16.5. The molecule has 0 aromatic heterocycles. The number of hydrogen-bond donors (Lipinski definition) is 1. The second kappa shape index (κ2) is 6.87. The number of carbonyl (C=O) groups excluding carboxylic acids is 1. The van der Waals surface area contributed by atoms with Crippen molar-refractivity contribution in [2.45, 2.75) is 44.2 Å². The highest BCUT2D eigenvalue weighted by Gasteiger charge is 2.31. The van der Waals surface area contributed by atoms with E-state index in [4.69, 9.17) is 4.74 Å². The van der Waals surface area contributed by atoms with E-state index in [1.807, 2.05) is 4.90 Å². The quantitative estimate of drug-likeness (QED) is 0.813. The molecular formula is C15H27N3O2. The zero-order chi connectivity index (χ0) is 13.8. The van der Waals surface area contributed by atoms with Crippen molar-refractivity contribution in [2.24, 2.45) is 0 Å². The molecule has 0 aromatic carbocycles. The van der Waals surface area contributed by atoms with Crippen LogP contribution in [0.15, 0.2) is 0 Å². The Kier molecular flexibility index (Phi) is 4.91. The normalized spacial score (nSPS) is 29.2. The Morgan fingerprint density at radius 1 is 1.10 bits per heavy atom. The molecule has 3 saturated heterocycles. The molecule has 3 aliphatic rings. The second-order valence-electron chi connectivity index (χ2n) is 6.29. The Balaban J connectivity index is 1.39. The molecule has 0 aliphatic carbocycles. The SMILES string of the molecule is O=C(COC1CCNCC1)N1CCC(N2CCCC2)C1. The Hall–Kier alpha value is -0.650. The molecule has 1 N–H and O–H groups in total. The topological polar surface area (TPSA) is 44.8 Å². The molecule has 5 nitrogen and oxygen atoms in total. The number of likely N-dealkylation sites (tertiary alicyclic amines) is 2. The highest BCUT2D eigenvalue weighted by molar-refractivity contribution is 5.77. The van der Waals surface area contributed by atoms with Gasteiger partial charge in [0.1, 0.15) is 6.61 Å². The van der Waals surface area contributed by atoms with E-state index in [0.717, 1.165) is 45.4 Å². The van der Waals surface area contributed by atoms with Crippen LogP contribution >= 0.6 is 0 Å². The van der Waals surface area contributed by atoms with Gasteiger partial charge in [0.05, 0.1) is 6.10 Å². The van der Waals surface area contributed by atoms with Crippen molar-refractivity contribution < 1.29 is 9.53 Å². The molecule has 0 aromatic rings. The van der Waals surface area contributed by atoms with Gasteiger partial charge in [-0.1, -0.05) is 0 Å². The number of carbonyl (C=O) groups is 1. The van der Waals surface area contributed by atoms with Crippen LogP contribution in [-0.2, 0) is 9.53 Å². The van der Waals surface area contributed by atoms with Gasteiger partial charge in [0.15, 0.2) is 0 Å². The van der Waals surface area contributed by atoms with Gasteiger partial charge < -0.3 is 15.0 Å². The largest absolute Gasteiger partial charge is 0.368 e. The van der Waals surface area contributed by atoms with Crippen molar-refractivity contribution in [1.82, 2.24) is 15.1 Å². The summed E-state index contributed by atoms with van der Waals surface area (Å²) in [5.74, 6) is 0.185. The number of rotatable bonds is 4. The molecule has 1 atom stereocenters. The van der Waals surface area contributed by atoms with Crippen LogP contribution < -0.4 is 5.32 Å². The van der Waals surface area contributed by atoms with Crippen molar-refractivity contribution in [3.05, 3.63) is 0 Å². The fourth-order valence-electron chi connectivity index (χ4n) is 3.62. The monoisotopic (exact) mass is 281 g/mol. The number of nitrogens with zero attached hydrogens (tertiary/aromatic N) is 2. The van der Waals surface area contributed by atoms with Crippen LogP contribution in [0.5, 0.6) is 0 Å². The average Bonchev–Trinajstić information content (AvgIpc) is 3.16. The van der Waals surface area contributed by atoms with Crippen LogP contribution in [0.2, 0.25) is 0 Å². The Labute approximate surface area is 121 Å². The number of hydrogen-bond acceptors (Lipinski definition) is 4. The lowest BCUT2D eigenvalue weighted by atomic mass is 10.1. The Bertz CT molecular complexity index is 325. The van der Waals surface area contributed by atoms with Gasteiger partial charge >= 0.3 is 0 Å². The molecule has 0 spiro atoms. The van der Waals surface area contributed by atoms with Crippen molar-refractivity contribution in [3.8, 4) is 0 Å². The lowest BCUT2D eigenvalue weighted by Crippen LogP contribution is -2.39. The Morgan fingerprint density at radius 3 is 2.60 bits per heavy atom. The third-order valence-electron chi connectivity index (χ3n) is 4.90. The van der Waals surface area contributed by atoms with Gasteiger partial charge in [-0.2, -0.15) is 0 Å². The van der Waals surface area contributed by atoms with Gasteiger partial charge in [-0.15, -0.1) is 0 Å². The molecule has 1 unspecified atom stereocenters. The van der Waals surface area contributed by atoms with E-state index in [2.05, 4.69) is 10.2 Å². The average molecular weight is 281 g/mol. The fraction of sp³-hybridized carbons (Fsp3) is 0.933. The van der Waals surface area contributed by atoms with Crippen molar-refractivity contribution in [3.63, 3.8) is 0 Å². The maximum absolute atomic E-state index is 12.2. The number of piperidine rings is 1. The van der Waals surface area contributed by atoms with Crippen LogP contribution in [0.3, 0.4) is 0 Å². The van der Waals surface area contributed by atoms with Gasteiger partial charge in [-0.05, 0) is 58.3 Å². The molecule has 20 heavy (non-hydrogen) atoms. The number of ether oxygens (including phenoxy) is 1. The second-order valence-corrected chi connectivity index (χ2v) is 6.29. The van der Waals surface area contributed by atoms with Gasteiger partial charge in [-0.3, -0.25) is 9.69 Å². The lowest BCUT2D eigenvalue weighted by Gasteiger charge is -2.25. The minimum absolute atomic E-state index is 0.185. The van der Waals surface area contributed by atoms with Crippen LogP contribution in [0, 0.1) is 0 Å². The van der Waals surface area contributed by atoms with Crippen molar-refractivity contribution in [2.75, 3.05) is 45.9 Å². The first kappa shape index (κ1) is 14.3. The lowest BCUT2D eigenvalue weighted by molar-refractivity contribution is -0.137. The van der Waals surface area contributed by atoms with Gasteiger partial charge in [0.25, 0.3) is 0 Å². The van der Waals surface area contributed by atoms with E-state index in [9.17, 15) is 4.79 Å². The summed E-state index contributed by atoms with van der Waals surface area (Å²) in [6, 6.07) is 0.598. The third-order valence-corrected chi connectivity index (χ3v) is 4.90. The molecule has 3 aliphatic heterocycles. The first-order valence-electron chi connectivity index (χ1n) is 8.17. The summed E-state index contributed by atoms with van der Waals surface area (Å²) in [7, 11) is 0. The van der Waals surface area contributed by atoms with E-state index in [0.29, 0.717) is 6.04 Å². The summed E-state index contributed by atoms with van der Waals surface area (Å²) in [6.07, 6.45) is 6.12. The van der Waals surface area contributed by atoms with Crippen molar-refractivity contribution in [1.29, 1.82) is 0 Å². The first-order chi connectivity index (χ1) is 9.83. The molecule has 3 fully saturated rings. The highest BCUT2D eigenvalue weighted by Crippen LogP contribution is 2.20. The molecule has 3 heterocycles. The van der Waals surface area contributed by atoms with Gasteiger partial charge in [-0.25, -0.2) is 0 Å². The first-order valence-corrected chi connectivity index (χ1v) is 8.17. The molecule has 5 heteroatoms. The summed E-state index contributed by atoms with van der Waals surface area (Å²) in [4.78, 5) is 16.8. The summed E-state index contributed by atoms with van der Waals surface area (Å²) in [5.41, 5.74) is 0. The number of amides is 1. The molecule has 0 bridgehead atoms. The standard InChI is InChI=1S/C15H27N3O2/c19-15(12-20-14-3-6-16-7-4-14)18-10-5-13(11-18)17-8-1-2-9-17/h13-14,16H,1-12H2. The minimum Gasteiger partial charge on any atom is -0.368 e. The van der Waals surface area contributed by atoms with Crippen LogP contribution in [0.25, 0.3) is 0 Å². The minimum atomic E-state index is 0.185. The zero-order valence-corrected chi connectivity index (χ0v) is 12.4. The molecule has 1 amide bonds. The predicted molar refractivity (Wildman–Crippen MR) is 77.6 cm³/mol. The molecular weight excluding hydrogens is 254 g/mol. The zero-order valence-electron chi connectivity index (χ0n) is 12.4. The van der Waals surface area contributed by atoms with Crippen molar-refractivity contribution >= 4 is 5.91 Å². The van der Waals surface area contributed by atoms with E-state index in [1.165, 1.54) is 25.9 Å². The Morgan fingerprint density at radius 2 is 1.85 bits per heavy atom. The molecule has 0 radical (unpaired) electrons. The summed E-state index contributed by atoms with van der Waals surface area (Å²) >= 11 is 0. The van der Waals surface area contributed by atoms with Gasteiger partial charge in [0, 0.05) is 19.1 Å². The maximum Gasteiger partial charge on any atom is 0.248 e. The third kappa shape index (κ3) is 3.51. The van der Waals surface area contributed by atoms with Gasteiger partial charge in [0.2, 0.25) is 5.91 Å². The van der Waals surface area contributed by atoms with E-state index < -0.39 is 0 Å². The molecule has 3 rings (SSSR count). The van der Waals surface area contributed by atoms with E-state index >= 15 is 0 Å². The predicted octanol–water partition coefficient (Wildman–Crippen LogP) is 0.452. The maximum atomic E-state index is 12.2. The summed E-state index contributed by atoms with van der Waals surface area (Å²) in [5, 5.41) is 3.31. The van der Waals surface area contributed by atoms with E-state index in [1.54, 1.807) is 0 Å². The summed E-state index contributed by atoms with van der Waals surface area (Å²) in [6.45, 7) is 6.57. The van der Waals surface area contributed by atoms with Crippen LogP contribution in [0.4, 0.5) is 0 Å². The number of nitrogens with one attached hydrogen (secondary N) is 1.